The number of ether oxygens (including phenoxy) is 1. The van der Waals surface area contributed by atoms with E-state index in [1.807, 2.05) is 6.92 Å². The Bertz CT molecular complexity index is 1350. The number of esters is 1. The smallest absolute Gasteiger partial charge is 0.337 e. The topological polar surface area (TPSA) is 133 Å². The molecule has 0 fully saturated rings. The number of nitrogens with two attached hydrogens (primary N) is 1. The summed E-state index contributed by atoms with van der Waals surface area (Å²) in [5.74, 6) is -1.20. The maximum atomic E-state index is 13.0. The maximum Gasteiger partial charge on any atom is 0.337 e. The van der Waals surface area contributed by atoms with E-state index in [0.29, 0.717) is 5.69 Å². The third-order valence-electron chi connectivity index (χ3n) is 4.69. The molecule has 3 N–H and O–H groups in total. The zero-order valence-electron chi connectivity index (χ0n) is 17.4. The fourth-order valence-corrected chi connectivity index (χ4v) is 5.41. The van der Waals surface area contributed by atoms with E-state index in [-0.39, 0.29) is 26.6 Å². The molecule has 0 aliphatic carbocycles. The Kier molecular flexibility index (Phi) is 6.56. The molecule has 0 unspecified atom stereocenters. The summed E-state index contributed by atoms with van der Waals surface area (Å²) in [6.45, 7) is 1.83. The van der Waals surface area contributed by atoms with Crippen LogP contribution in [0.2, 0.25) is 0 Å². The Morgan fingerprint density at radius 1 is 0.906 bits per heavy atom. The van der Waals surface area contributed by atoms with Gasteiger partial charge in [0.05, 0.1) is 33.9 Å². The first-order chi connectivity index (χ1) is 15.0. The Morgan fingerprint density at radius 2 is 1.50 bits per heavy atom. The number of methoxy groups -OCH3 is 1. The van der Waals surface area contributed by atoms with Gasteiger partial charge in [0.1, 0.15) is 0 Å². The molecule has 32 heavy (non-hydrogen) atoms. The third kappa shape index (κ3) is 5.27. The number of carbonyl (C=O) groups is 1. The van der Waals surface area contributed by atoms with Crippen molar-refractivity contribution in [3.8, 4) is 0 Å². The summed E-state index contributed by atoms with van der Waals surface area (Å²) in [5, 5.41) is 0. The van der Waals surface area contributed by atoms with E-state index in [0.717, 1.165) is 5.56 Å². The second kappa shape index (κ2) is 9.01. The van der Waals surface area contributed by atoms with Crippen LogP contribution in [0.4, 0.5) is 11.4 Å². The van der Waals surface area contributed by atoms with Crippen molar-refractivity contribution in [2.75, 3.05) is 17.6 Å². The first-order valence-corrected chi connectivity index (χ1v) is 12.5. The molecule has 8 nitrogen and oxygen atoms in total. The van der Waals surface area contributed by atoms with Crippen molar-refractivity contribution in [1.29, 1.82) is 0 Å². The van der Waals surface area contributed by atoms with E-state index >= 15 is 0 Å². The zero-order valence-corrected chi connectivity index (χ0v) is 19.0. The molecule has 3 rings (SSSR count). The van der Waals surface area contributed by atoms with Crippen LogP contribution in [-0.4, -0.2) is 29.9 Å². The van der Waals surface area contributed by atoms with Crippen molar-refractivity contribution in [2.24, 2.45) is 0 Å². The average Bonchev–Trinajstić information content (AvgIpc) is 2.74. The molecule has 0 aliphatic heterocycles. The number of rotatable bonds is 7. The van der Waals surface area contributed by atoms with E-state index in [1.54, 1.807) is 12.1 Å². The summed E-state index contributed by atoms with van der Waals surface area (Å²) in [6.07, 6.45) is 0. The number of hydrogen-bond acceptors (Lipinski definition) is 7. The monoisotopic (exact) mass is 474 g/mol. The van der Waals surface area contributed by atoms with E-state index in [1.165, 1.54) is 61.7 Å². The van der Waals surface area contributed by atoms with Gasteiger partial charge in [0.2, 0.25) is 0 Å². The number of hydrogen-bond donors (Lipinski definition) is 2. The maximum absolute atomic E-state index is 13.0. The Balaban J connectivity index is 2.03. The van der Waals surface area contributed by atoms with Crippen LogP contribution in [0.15, 0.2) is 76.5 Å². The van der Waals surface area contributed by atoms with Crippen molar-refractivity contribution >= 4 is 37.2 Å². The van der Waals surface area contributed by atoms with Crippen LogP contribution < -0.4 is 10.5 Å². The summed E-state index contributed by atoms with van der Waals surface area (Å²) in [6, 6.07) is 15.8. The summed E-state index contributed by atoms with van der Waals surface area (Å²) in [5.41, 5.74) is 7.14. The van der Waals surface area contributed by atoms with E-state index in [4.69, 9.17) is 10.5 Å². The Hall–Kier alpha value is -3.37. The lowest BCUT2D eigenvalue weighted by Gasteiger charge is -2.15. The Labute approximate surface area is 187 Å². The third-order valence-corrected chi connectivity index (χ3v) is 7.75. The summed E-state index contributed by atoms with van der Waals surface area (Å²) >= 11 is 0. The lowest BCUT2D eigenvalue weighted by atomic mass is 10.1. The fourth-order valence-electron chi connectivity index (χ4n) is 2.94. The van der Waals surface area contributed by atoms with E-state index in [2.05, 4.69) is 4.72 Å². The van der Waals surface area contributed by atoms with Crippen LogP contribution in [0.1, 0.15) is 21.5 Å². The fraction of sp³-hybridized carbons (Fsp3) is 0.136. The second-order valence-corrected chi connectivity index (χ2v) is 10.8. The van der Waals surface area contributed by atoms with Gasteiger partial charge in [-0.15, -0.1) is 0 Å². The lowest BCUT2D eigenvalue weighted by molar-refractivity contribution is 0.0600. The summed E-state index contributed by atoms with van der Waals surface area (Å²) in [4.78, 5) is 12.0. The molecule has 168 valence electrons. The molecule has 0 saturated heterocycles. The zero-order chi connectivity index (χ0) is 23.5. The van der Waals surface area contributed by atoms with Crippen molar-refractivity contribution in [3.05, 3.63) is 83.4 Å². The number of carbonyl (C=O) groups excluding carboxylic acids is 1. The van der Waals surface area contributed by atoms with Gasteiger partial charge in [-0.05, 0) is 67.1 Å². The number of sulfonamides is 1. The highest BCUT2D eigenvalue weighted by atomic mass is 32.2. The molecule has 0 aromatic heterocycles. The van der Waals surface area contributed by atoms with Crippen LogP contribution in [0, 0.1) is 6.92 Å². The van der Waals surface area contributed by atoms with Crippen LogP contribution >= 0.6 is 0 Å². The molecular formula is C22H22N2O6S2. The van der Waals surface area contributed by atoms with E-state index in [9.17, 15) is 21.6 Å². The largest absolute Gasteiger partial charge is 0.465 e. The van der Waals surface area contributed by atoms with Crippen LogP contribution in [0.25, 0.3) is 0 Å². The number of sulfone groups is 1. The summed E-state index contributed by atoms with van der Waals surface area (Å²) < 4.78 is 58.7. The van der Waals surface area contributed by atoms with Gasteiger partial charge in [-0.3, -0.25) is 4.72 Å². The minimum absolute atomic E-state index is 0.0326. The van der Waals surface area contributed by atoms with Gasteiger partial charge < -0.3 is 10.5 Å². The molecule has 0 bridgehead atoms. The molecule has 0 radical (unpaired) electrons. The van der Waals surface area contributed by atoms with Crippen LogP contribution in [0.3, 0.4) is 0 Å². The number of benzene rings is 3. The SMILES string of the molecule is COC(=O)c1ccc(NS(=O)(=O)c2ccc(N)cc2)c(CS(=O)(=O)c2ccc(C)cc2)c1. The molecule has 0 saturated carbocycles. The van der Waals surface area contributed by atoms with Gasteiger partial charge >= 0.3 is 5.97 Å². The number of nitrogens with one attached hydrogen (secondary N) is 1. The number of anilines is 2. The van der Waals surface area contributed by atoms with Gasteiger partial charge in [-0.1, -0.05) is 17.7 Å². The average molecular weight is 475 g/mol. The standard InChI is InChI=1S/C22H22N2O6S2/c1-15-3-8-19(9-4-15)31(26,27)14-17-13-16(22(25)30-2)5-12-21(17)24-32(28,29)20-10-6-18(23)7-11-20/h3-13,24H,14,23H2,1-2H3. The quantitative estimate of drug-likeness (QED) is 0.397. The molecule has 10 heteroatoms. The predicted molar refractivity (Wildman–Crippen MR) is 122 cm³/mol. The summed E-state index contributed by atoms with van der Waals surface area (Å²) in [7, 11) is -6.67. The second-order valence-electron chi connectivity index (χ2n) is 7.11. The molecule has 0 amide bonds. The van der Waals surface area contributed by atoms with Crippen molar-refractivity contribution in [1.82, 2.24) is 0 Å². The highest BCUT2D eigenvalue weighted by Gasteiger charge is 2.22. The van der Waals surface area contributed by atoms with Crippen LogP contribution in [-0.2, 0) is 30.4 Å². The van der Waals surface area contributed by atoms with E-state index < -0.39 is 31.6 Å². The predicted octanol–water partition coefficient (Wildman–Crippen LogP) is 3.14. The van der Waals surface area contributed by atoms with Crippen molar-refractivity contribution in [2.45, 2.75) is 22.5 Å². The molecule has 0 heterocycles. The van der Waals surface area contributed by atoms with Gasteiger partial charge in [-0.25, -0.2) is 21.6 Å². The van der Waals surface area contributed by atoms with Gasteiger partial charge in [0.15, 0.2) is 9.84 Å². The molecule has 3 aromatic carbocycles. The highest BCUT2D eigenvalue weighted by Crippen LogP contribution is 2.27. The highest BCUT2D eigenvalue weighted by molar-refractivity contribution is 7.92. The normalized spacial score (nSPS) is 11.7. The van der Waals surface area contributed by atoms with Gasteiger partial charge in [0.25, 0.3) is 10.0 Å². The van der Waals surface area contributed by atoms with Gasteiger partial charge in [0, 0.05) is 5.69 Å². The first-order valence-electron chi connectivity index (χ1n) is 9.41. The molecule has 3 aromatic rings. The molecule has 0 aliphatic rings. The molecular weight excluding hydrogens is 452 g/mol. The minimum atomic E-state index is -4.03. The minimum Gasteiger partial charge on any atom is -0.465 e. The van der Waals surface area contributed by atoms with Gasteiger partial charge in [-0.2, -0.15) is 0 Å². The lowest BCUT2D eigenvalue weighted by Crippen LogP contribution is -2.16. The van der Waals surface area contributed by atoms with Crippen molar-refractivity contribution < 1.29 is 26.4 Å². The van der Waals surface area contributed by atoms with Crippen molar-refractivity contribution in [3.63, 3.8) is 0 Å². The Morgan fingerprint density at radius 3 is 2.09 bits per heavy atom. The van der Waals surface area contributed by atoms with Crippen LogP contribution in [0.5, 0.6) is 0 Å². The number of aryl methyl sites for hydroxylation is 1. The first kappa shape index (κ1) is 23.3. The molecule has 0 spiro atoms. The molecule has 0 atom stereocenters. The number of nitrogen functional groups attached to an aromatic ring is 1.